The van der Waals surface area contributed by atoms with Crippen LogP contribution in [-0.4, -0.2) is 53.2 Å². The number of nitrogens with zero attached hydrogens (tertiary/aromatic N) is 2. The normalized spacial score (nSPS) is 10.3. The number of Topliss-reactive ketones (excluding diaryl/α,β-unsaturated/α-hetero) is 1. The van der Waals surface area contributed by atoms with Crippen LogP contribution >= 0.6 is 11.6 Å². The number of aromatic nitrogens is 1. The van der Waals surface area contributed by atoms with Crippen LogP contribution in [0.4, 0.5) is 5.69 Å². The number of anilines is 1. The van der Waals surface area contributed by atoms with Crippen LogP contribution in [0.3, 0.4) is 0 Å². The van der Waals surface area contributed by atoms with Crippen LogP contribution in [0, 0.1) is 0 Å². The van der Waals surface area contributed by atoms with Gasteiger partial charge in [0, 0.05) is 25.9 Å². The third-order valence-electron chi connectivity index (χ3n) is 3.90. The minimum Gasteiger partial charge on any atom is -0.451 e. The number of amides is 2. The molecule has 28 heavy (non-hydrogen) atoms. The van der Waals surface area contributed by atoms with E-state index in [9.17, 15) is 19.2 Å². The quantitative estimate of drug-likeness (QED) is 0.562. The topological polar surface area (TPSA) is 97.7 Å². The van der Waals surface area contributed by atoms with Crippen LogP contribution in [0.1, 0.15) is 27.8 Å². The average molecular weight is 406 g/mol. The lowest BCUT2D eigenvalue weighted by Gasteiger charge is -2.17. The number of ketones is 1. The van der Waals surface area contributed by atoms with Crippen molar-refractivity contribution in [2.45, 2.75) is 6.92 Å². The number of ether oxygens (including phenoxy) is 1. The average Bonchev–Trinajstić information content (AvgIpc) is 3.03. The molecule has 0 unspecified atom stereocenters. The molecule has 0 saturated carbocycles. The molecule has 148 valence electrons. The van der Waals surface area contributed by atoms with Crippen LogP contribution in [0.2, 0.25) is 5.02 Å². The standard InChI is InChI=1S/C19H20ClN3O5/c1-12(24)13-8-16(22(2)9-13)19(27)28-11-18(26)23(3)10-17(25)21-15-7-5-4-6-14(15)20/h4-9H,10-11H2,1-3H3,(H,21,25). The second-order valence-corrected chi connectivity index (χ2v) is 6.54. The van der Waals surface area contributed by atoms with E-state index in [1.165, 1.54) is 30.8 Å². The fourth-order valence-electron chi connectivity index (χ4n) is 2.33. The smallest absolute Gasteiger partial charge is 0.355 e. The minimum atomic E-state index is -0.739. The Morgan fingerprint density at radius 2 is 1.89 bits per heavy atom. The van der Waals surface area contributed by atoms with Crippen molar-refractivity contribution in [3.63, 3.8) is 0 Å². The summed E-state index contributed by atoms with van der Waals surface area (Å²) >= 11 is 5.97. The highest BCUT2D eigenvalue weighted by molar-refractivity contribution is 6.33. The van der Waals surface area contributed by atoms with Gasteiger partial charge in [-0.2, -0.15) is 0 Å². The summed E-state index contributed by atoms with van der Waals surface area (Å²) in [6.45, 7) is 0.617. The second kappa shape index (κ2) is 9.18. The molecule has 1 heterocycles. The van der Waals surface area contributed by atoms with Gasteiger partial charge in [-0.25, -0.2) is 4.79 Å². The molecule has 8 nitrogen and oxygen atoms in total. The predicted octanol–water partition coefficient (Wildman–Crippen LogP) is 2.13. The lowest BCUT2D eigenvalue weighted by atomic mass is 10.2. The second-order valence-electron chi connectivity index (χ2n) is 6.14. The molecule has 0 aliphatic carbocycles. The Hall–Kier alpha value is -3.13. The van der Waals surface area contributed by atoms with Gasteiger partial charge in [-0.1, -0.05) is 23.7 Å². The fraction of sp³-hybridized carbons (Fsp3) is 0.263. The van der Waals surface area contributed by atoms with Gasteiger partial charge in [-0.05, 0) is 25.1 Å². The van der Waals surface area contributed by atoms with Gasteiger partial charge in [-0.15, -0.1) is 0 Å². The van der Waals surface area contributed by atoms with Crippen molar-refractivity contribution < 1.29 is 23.9 Å². The molecule has 1 aromatic carbocycles. The largest absolute Gasteiger partial charge is 0.451 e. The molecule has 2 amide bonds. The summed E-state index contributed by atoms with van der Waals surface area (Å²) < 4.78 is 6.44. The summed E-state index contributed by atoms with van der Waals surface area (Å²) in [4.78, 5) is 48.8. The van der Waals surface area contributed by atoms with Gasteiger partial charge in [0.25, 0.3) is 5.91 Å². The SMILES string of the molecule is CC(=O)c1cc(C(=O)OCC(=O)N(C)CC(=O)Nc2ccccc2Cl)n(C)c1. The third-order valence-corrected chi connectivity index (χ3v) is 4.23. The number of nitrogens with one attached hydrogen (secondary N) is 1. The predicted molar refractivity (Wildman–Crippen MR) is 103 cm³/mol. The Morgan fingerprint density at radius 1 is 1.21 bits per heavy atom. The number of rotatable bonds is 7. The number of carbonyl (C=O) groups is 4. The maximum absolute atomic E-state index is 12.1. The number of benzene rings is 1. The molecule has 0 fully saturated rings. The van der Waals surface area contributed by atoms with Crippen LogP contribution < -0.4 is 5.32 Å². The summed E-state index contributed by atoms with van der Waals surface area (Å²) in [7, 11) is 3.01. The fourth-order valence-corrected chi connectivity index (χ4v) is 2.51. The molecule has 2 aromatic rings. The van der Waals surface area contributed by atoms with Crippen molar-refractivity contribution in [2.24, 2.45) is 7.05 Å². The zero-order valence-corrected chi connectivity index (χ0v) is 16.4. The number of halogens is 1. The molecule has 0 spiro atoms. The Balaban J connectivity index is 1.86. The van der Waals surface area contributed by atoms with E-state index < -0.39 is 24.4 Å². The Labute approximate surface area is 167 Å². The molecule has 0 atom stereocenters. The van der Waals surface area contributed by atoms with Gasteiger partial charge in [0.1, 0.15) is 5.69 Å². The molecular formula is C19H20ClN3O5. The van der Waals surface area contributed by atoms with E-state index in [-0.39, 0.29) is 18.0 Å². The monoisotopic (exact) mass is 405 g/mol. The molecular weight excluding hydrogens is 386 g/mol. The number of hydrogen-bond donors (Lipinski definition) is 1. The van der Waals surface area contributed by atoms with E-state index in [1.54, 1.807) is 31.3 Å². The van der Waals surface area contributed by atoms with Crippen molar-refractivity contribution in [2.75, 3.05) is 25.5 Å². The molecule has 0 saturated heterocycles. The first-order valence-electron chi connectivity index (χ1n) is 8.31. The summed E-state index contributed by atoms with van der Waals surface area (Å²) in [5, 5.41) is 2.98. The molecule has 0 radical (unpaired) electrons. The van der Waals surface area contributed by atoms with Crippen LogP contribution in [0.15, 0.2) is 36.5 Å². The van der Waals surface area contributed by atoms with Crippen molar-refractivity contribution in [1.29, 1.82) is 0 Å². The Bertz CT molecular complexity index is 922. The summed E-state index contributed by atoms with van der Waals surface area (Å²) in [6, 6.07) is 8.12. The molecule has 0 aliphatic rings. The Kier molecular flexibility index (Phi) is 6.94. The van der Waals surface area contributed by atoms with Gasteiger partial charge in [0.2, 0.25) is 5.91 Å². The van der Waals surface area contributed by atoms with Crippen molar-refractivity contribution in [3.8, 4) is 0 Å². The molecule has 9 heteroatoms. The van der Waals surface area contributed by atoms with E-state index in [0.29, 0.717) is 16.3 Å². The first-order chi connectivity index (χ1) is 13.2. The van der Waals surface area contributed by atoms with Crippen LogP contribution in [-0.2, 0) is 21.4 Å². The summed E-state index contributed by atoms with van der Waals surface area (Å²) in [5.41, 5.74) is 0.956. The number of esters is 1. The highest BCUT2D eigenvalue weighted by Crippen LogP contribution is 2.20. The first-order valence-corrected chi connectivity index (χ1v) is 8.69. The van der Waals surface area contributed by atoms with Crippen molar-refractivity contribution in [1.82, 2.24) is 9.47 Å². The zero-order valence-electron chi connectivity index (χ0n) is 15.7. The molecule has 2 rings (SSSR count). The number of aryl methyl sites for hydroxylation is 1. The summed E-state index contributed by atoms with van der Waals surface area (Å²) in [5.74, 6) is -1.92. The lowest BCUT2D eigenvalue weighted by molar-refractivity contribution is -0.136. The van der Waals surface area contributed by atoms with Gasteiger partial charge in [0.05, 0.1) is 17.3 Å². The van der Waals surface area contributed by atoms with E-state index in [1.807, 2.05) is 0 Å². The van der Waals surface area contributed by atoms with E-state index in [0.717, 1.165) is 4.90 Å². The molecule has 1 aromatic heterocycles. The van der Waals surface area contributed by atoms with Crippen LogP contribution in [0.25, 0.3) is 0 Å². The van der Waals surface area contributed by atoms with Crippen LogP contribution in [0.5, 0.6) is 0 Å². The maximum Gasteiger partial charge on any atom is 0.355 e. The van der Waals surface area contributed by atoms with E-state index in [4.69, 9.17) is 16.3 Å². The number of likely N-dealkylation sites (N-methyl/N-ethyl adjacent to an activating group) is 1. The third kappa shape index (κ3) is 5.43. The van der Waals surface area contributed by atoms with Gasteiger partial charge in [-0.3, -0.25) is 14.4 Å². The van der Waals surface area contributed by atoms with Gasteiger partial charge < -0.3 is 19.5 Å². The highest BCUT2D eigenvalue weighted by Gasteiger charge is 2.19. The lowest BCUT2D eigenvalue weighted by Crippen LogP contribution is -2.37. The number of hydrogen-bond acceptors (Lipinski definition) is 5. The van der Waals surface area contributed by atoms with Crippen molar-refractivity contribution >= 4 is 40.9 Å². The minimum absolute atomic E-state index is 0.150. The van der Waals surface area contributed by atoms with E-state index in [2.05, 4.69) is 5.32 Å². The van der Waals surface area contributed by atoms with Crippen molar-refractivity contribution in [3.05, 3.63) is 52.8 Å². The van der Waals surface area contributed by atoms with Gasteiger partial charge >= 0.3 is 5.97 Å². The van der Waals surface area contributed by atoms with E-state index >= 15 is 0 Å². The number of para-hydroxylation sites is 1. The zero-order chi connectivity index (χ0) is 20.8. The Morgan fingerprint density at radius 3 is 2.50 bits per heavy atom. The van der Waals surface area contributed by atoms with Gasteiger partial charge in [0.15, 0.2) is 12.4 Å². The highest BCUT2D eigenvalue weighted by atomic mass is 35.5. The summed E-state index contributed by atoms with van der Waals surface area (Å²) in [6.07, 6.45) is 1.51. The molecule has 0 aliphatic heterocycles. The maximum atomic E-state index is 12.1. The molecule has 0 bridgehead atoms. The molecule has 1 N–H and O–H groups in total. The first kappa shape index (κ1) is 21.2. The number of carbonyl (C=O) groups excluding carboxylic acids is 4.